The molecule has 3 atom stereocenters. The number of likely N-dealkylation sites (tertiary alicyclic amines) is 1. The van der Waals surface area contributed by atoms with Gasteiger partial charge in [-0.2, -0.15) is 0 Å². The lowest BCUT2D eigenvalue weighted by molar-refractivity contribution is -0.134. The SMILES string of the molecule is CCC(N)C(=O)N1CCC(N)C(C)C1.Cl. The monoisotopic (exact) mass is 235 g/mol. The van der Waals surface area contributed by atoms with Gasteiger partial charge in [0.1, 0.15) is 0 Å². The first-order valence-corrected chi connectivity index (χ1v) is 5.36. The Kier molecular flexibility index (Phi) is 6.17. The van der Waals surface area contributed by atoms with E-state index >= 15 is 0 Å². The maximum atomic E-state index is 11.7. The van der Waals surface area contributed by atoms with E-state index in [1.54, 1.807) is 0 Å². The minimum atomic E-state index is -0.337. The smallest absolute Gasteiger partial charge is 0.239 e. The van der Waals surface area contributed by atoms with Gasteiger partial charge in [0.2, 0.25) is 5.91 Å². The van der Waals surface area contributed by atoms with Crippen molar-refractivity contribution < 1.29 is 4.79 Å². The molecule has 1 saturated heterocycles. The van der Waals surface area contributed by atoms with Crippen LogP contribution in [0.2, 0.25) is 0 Å². The molecule has 5 heteroatoms. The number of hydrogen-bond acceptors (Lipinski definition) is 3. The molecule has 0 bridgehead atoms. The maximum absolute atomic E-state index is 11.7. The molecule has 0 saturated carbocycles. The summed E-state index contributed by atoms with van der Waals surface area (Å²) in [5.41, 5.74) is 11.6. The zero-order valence-electron chi connectivity index (χ0n) is 9.48. The molecule has 3 unspecified atom stereocenters. The summed E-state index contributed by atoms with van der Waals surface area (Å²) in [4.78, 5) is 13.6. The standard InChI is InChI=1S/C10H21N3O.ClH/c1-3-8(11)10(14)13-5-4-9(12)7(2)6-13;/h7-9H,3-6,11-12H2,1-2H3;1H. The van der Waals surface area contributed by atoms with Gasteiger partial charge in [-0.15, -0.1) is 12.4 Å². The van der Waals surface area contributed by atoms with Crippen molar-refractivity contribution >= 4 is 18.3 Å². The number of nitrogens with two attached hydrogens (primary N) is 2. The number of piperidine rings is 1. The minimum absolute atomic E-state index is 0. The molecule has 1 aliphatic heterocycles. The van der Waals surface area contributed by atoms with Gasteiger partial charge in [-0.25, -0.2) is 0 Å². The maximum Gasteiger partial charge on any atom is 0.239 e. The van der Waals surface area contributed by atoms with Gasteiger partial charge < -0.3 is 16.4 Å². The summed E-state index contributed by atoms with van der Waals surface area (Å²) in [5.74, 6) is 0.461. The average Bonchev–Trinajstić information content (AvgIpc) is 2.20. The lowest BCUT2D eigenvalue weighted by atomic mass is 9.94. The first-order valence-electron chi connectivity index (χ1n) is 5.36. The Morgan fingerprint density at radius 1 is 1.60 bits per heavy atom. The minimum Gasteiger partial charge on any atom is -0.341 e. The van der Waals surface area contributed by atoms with Gasteiger partial charge in [0.05, 0.1) is 6.04 Å². The van der Waals surface area contributed by atoms with Gasteiger partial charge in [-0.1, -0.05) is 13.8 Å². The third-order valence-electron chi connectivity index (χ3n) is 3.04. The third kappa shape index (κ3) is 3.63. The number of hydrogen-bond donors (Lipinski definition) is 2. The number of carbonyl (C=O) groups excluding carboxylic acids is 1. The lowest BCUT2D eigenvalue weighted by Gasteiger charge is -2.36. The Morgan fingerprint density at radius 3 is 2.67 bits per heavy atom. The van der Waals surface area contributed by atoms with E-state index in [4.69, 9.17) is 11.5 Å². The summed E-state index contributed by atoms with van der Waals surface area (Å²) in [6.07, 6.45) is 1.60. The summed E-state index contributed by atoms with van der Waals surface area (Å²) in [6, 6.07) is -0.103. The molecule has 1 amide bonds. The van der Waals surface area contributed by atoms with Crippen LogP contribution in [0, 0.1) is 5.92 Å². The zero-order chi connectivity index (χ0) is 10.7. The fourth-order valence-corrected chi connectivity index (χ4v) is 1.77. The molecule has 4 N–H and O–H groups in total. The first-order chi connectivity index (χ1) is 6.56. The van der Waals surface area contributed by atoms with Crippen molar-refractivity contribution in [2.45, 2.75) is 38.8 Å². The highest BCUT2D eigenvalue weighted by Crippen LogP contribution is 2.15. The van der Waals surface area contributed by atoms with Crippen LogP contribution in [0.4, 0.5) is 0 Å². The van der Waals surface area contributed by atoms with E-state index in [-0.39, 0.29) is 30.4 Å². The highest BCUT2D eigenvalue weighted by molar-refractivity contribution is 5.85. The predicted octanol–water partition coefficient (Wildman–Crippen LogP) is 0.341. The second kappa shape index (κ2) is 6.30. The quantitative estimate of drug-likeness (QED) is 0.725. The van der Waals surface area contributed by atoms with Crippen LogP contribution in [0.5, 0.6) is 0 Å². The molecule has 1 fully saturated rings. The Labute approximate surface area is 97.8 Å². The molecule has 1 aliphatic rings. The molecule has 4 nitrogen and oxygen atoms in total. The molecule has 1 rings (SSSR count). The topological polar surface area (TPSA) is 72.4 Å². The molecule has 0 radical (unpaired) electrons. The van der Waals surface area contributed by atoms with E-state index in [2.05, 4.69) is 6.92 Å². The van der Waals surface area contributed by atoms with Crippen molar-refractivity contribution in [1.29, 1.82) is 0 Å². The van der Waals surface area contributed by atoms with Gasteiger partial charge >= 0.3 is 0 Å². The fraction of sp³-hybridized carbons (Fsp3) is 0.900. The normalized spacial score (nSPS) is 28.1. The number of amides is 1. The molecule has 0 aromatic carbocycles. The lowest BCUT2D eigenvalue weighted by Crippen LogP contribution is -2.52. The van der Waals surface area contributed by atoms with Crippen molar-refractivity contribution in [2.75, 3.05) is 13.1 Å². The van der Waals surface area contributed by atoms with Crippen molar-refractivity contribution in [3.8, 4) is 0 Å². The van der Waals surface area contributed by atoms with E-state index in [1.807, 2.05) is 11.8 Å². The van der Waals surface area contributed by atoms with Crippen molar-refractivity contribution in [2.24, 2.45) is 17.4 Å². The number of nitrogens with zero attached hydrogens (tertiary/aromatic N) is 1. The van der Waals surface area contributed by atoms with Crippen LogP contribution in [0.25, 0.3) is 0 Å². The second-order valence-corrected chi connectivity index (χ2v) is 4.23. The van der Waals surface area contributed by atoms with Gasteiger partial charge in [0.25, 0.3) is 0 Å². The van der Waals surface area contributed by atoms with Gasteiger partial charge in [0.15, 0.2) is 0 Å². The van der Waals surface area contributed by atoms with Crippen LogP contribution in [-0.2, 0) is 4.79 Å². The van der Waals surface area contributed by atoms with Crippen molar-refractivity contribution in [3.05, 3.63) is 0 Å². The Bertz CT molecular complexity index is 213. The first kappa shape index (κ1) is 14.7. The Hall–Kier alpha value is -0.320. The van der Waals surface area contributed by atoms with E-state index in [1.165, 1.54) is 0 Å². The van der Waals surface area contributed by atoms with Gasteiger partial charge in [-0.05, 0) is 18.8 Å². The average molecular weight is 236 g/mol. The van der Waals surface area contributed by atoms with E-state index in [9.17, 15) is 4.79 Å². The Balaban J connectivity index is 0.00000196. The largest absolute Gasteiger partial charge is 0.341 e. The summed E-state index contributed by atoms with van der Waals surface area (Å²) >= 11 is 0. The van der Waals surface area contributed by atoms with Crippen LogP contribution in [-0.4, -0.2) is 36.0 Å². The summed E-state index contributed by atoms with van der Waals surface area (Å²) in [5, 5.41) is 0. The van der Waals surface area contributed by atoms with Crippen LogP contribution in [0.15, 0.2) is 0 Å². The molecule has 90 valence electrons. The van der Waals surface area contributed by atoms with Gasteiger partial charge in [0, 0.05) is 19.1 Å². The van der Waals surface area contributed by atoms with E-state index in [0.29, 0.717) is 12.3 Å². The highest BCUT2D eigenvalue weighted by atomic mass is 35.5. The molecular formula is C10H22ClN3O. The molecule has 1 heterocycles. The van der Waals surface area contributed by atoms with Crippen LogP contribution < -0.4 is 11.5 Å². The van der Waals surface area contributed by atoms with E-state index in [0.717, 1.165) is 19.5 Å². The number of halogens is 1. The summed E-state index contributed by atoms with van der Waals surface area (Å²) in [7, 11) is 0. The Morgan fingerprint density at radius 2 is 2.20 bits per heavy atom. The fourth-order valence-electron chi connectivity index (χ4n) is 1.77. The van der Waals surface area contributed by atoms with Crippen molar-refractivity contribution in [1.82, 2.24) is 4.90 Å². The zero-order valence-corrected chi connectivity index (χ0v) is 10.3. The predicted molar refractivity (Wildman–Crippen MR) is 63.9 cm³/mol. The van der Waals surface area contributed by atoms with Crippen LogP contribution >= 0.6 is 12.4 Å². The van der Waals surface area contributed by atoms with Crippen molar-refractivity contribution in [3.63, 3.8) is 0 Å². The van der Waals surface area contributed by atoms with Crippen LogP contribution in [0.3, 0.4) is 0 Å². The number of carbonyl (C=O) groups is 1. The molecule has 15 heavy (non-hydrogen) atoms. The molecule has 0 spiro atoms. The second-order valence-electron chi connectivity index (χ2n) is 4.23. The highest BCUT2D eigenvalue weighted by Gasteiger charge is 2.28. The number of rotatable bonds is 2. The van der Waals surface area contributed by atoms with Gasteiger partial charge in [-0.3, -0.25) is 4.79 Å². The molecule has 0 aliphatic carbocycles. The van der Waals surface area contributed by atoms with E-state index < -0.39 is 0 Å². The summed E-state index contributed by atoms with van der Waals surface area (Å²) < 4.78 is 0. The molecule has 0 aromatic heterocycles. The third-order valence-corrected chi connectivity index (χ3v) is 3.04. The molecule has 0 aromatic rings. The van der Waals surface area contributed by atoms with Crippen LogP contribution in [0.1, 0.15) is 26.7 Å². The summed E-state index contributed by atoms with van der Waals surface area (Å²) in [6.45, 7) is 5.54. The molecular weight excluding hydrogens is 214 g/mol.